The first-order valence-electron chi connectivity index (χ1n) is 4.64. The zero-order valence-electron chi connectivity index (χ0n) is 8.61. The number of benzene rings is 1. The van der Waals surface area contributed by atoms with Crippen LogP contribution in [0.25, 0.3) is 0 Å². The highest BCUT2D eigenvalue weighted by atomic mass is 35.5. The minimum atomic E-state index is -0.299. The zero-order valence-corrected chi connectivity index (χ0v) is 10.2. The molecule has 1 aromatic carbocycles. The SMILES string of the molecule is Nc1ccc(Sc2nc(N)cc(=O)[nH]2)c(Cl)c1. The van der Waals surface area contributed by atoms with Crippen LogP contribution in [0.2, 0.25) is 5.02 Å². The van der Waals surface area contributed by atoms with Crippen molar-refractivity contribution in [3.05, 3.63) is 39.6 Å². The maximum absolute atomic E-state index is 11.2. The minimum absolute atomic E-state index is 0.169. The second kappa shape index (κ2) is 4.68. The average Bonchev–Trinajstić information content (AvgIpc) is 2.21. The van der Waals surface area contributed by atoms with Crippen LogP contribution in [0.1, 0.15) is 0 Å². The van der Waals surface area contributed by atoms with Gasteiger partial charge in [-0.25, -0.2) is 4.98 Å². The highest BCUT2D eigenvalue weighted by Crippen LogP contribution is 2.32. The lowest BCUT2D eigenvalue weighted by Crippen LogP contribution is -2.09. The lowest BCUT2D eigenvalue weighted by molar-refractivity contribution is 0.945. The van der Waals surface area contributed by atoms with E-state index in [0.29, 0.717) is 15.9 Å². The third kappa shape index (κ3) is 2.92. The molecule has 2 rings (SSSR count). The Morgan fingerprint density at radius 3 is 2.71 bits per heavy atom. The summed E-state index contributed by atoms with van der Waals surface area (Å²) in [6.07, 6.45) is 0. The standard InChI is InChI=1S/C10H9ClN4OS/c11-6-3-5(12)1-2-7(6)17-10-14-8(13)4-9(16)15-10/h1-4H,12H2,(H3,13,14,15,16). The number of nitrogens with zero attached hydrogens (tertiary/aromatic N) is 1. The Morgan fingerprint density at radius 1 is 1.29 bits per heavy atom. The van der Waals surface area contributed by atoms with Gasteiger partial charge in [0.1, 0.15) is 5.82 Å². The first-order chi connectivity index (χ1) is 8.04. The Morgan fingerprint density at radius 2 is 2.06 bits per heavy atom. The van der Waals surface area contributed by atoms with Gasteiger partial charge in [-0.15, -0.1) is 0 Å². The second-order valence-electron chi connectivity index (χ2n) is 3.27. The van der Waals surface area contributed by atoms with E-state index in [2.05, 4.69) is 9.97 Å². The van der Waals surface area contributed by atoms with E-state index in [0.717, 1.165) is 4.90 Å². The van der Waals surface area contributed by atoms with E-state index < -0.39 is 0 Å². The average molecular weight is 269 g/mol. The highest BCUT2D eigenvalue weighted by molar-refractivity contribution is 7.99. The smallest absolute Gasteiger partial charge is 0.253 e. The quantitative estimate of drug-likeness (QED) is 0.569. The molecule has 7 heteroatoms. The van der Waals surface area contributed by atoms with Crippen LogP contribution in [-0.4, -0.2) is 9.97 Å². The molecule has 2 aromatic rings. The molecule has 1 heterocycles. The third-order valence-electron chi connectivity index (χ3n) is 1.90. The van der Waals surface area contributed by atoms with Crippen LogP contribution < -0.4 is 17.0 Å². The molecule has 0 bridgehead atoms. The molecule has 5 N–H and O–H groups in total. The summed E-state index contributed by atoms with van der Waals surface area (Å²) in [5.74, 6) is 0.169. The van der Waals surface area contributed by atoms with Crippen LogP contribution >= 0.6 is 23.4 Å². The van der Waals surface area contributed by atoms with Crippen molar-refractivity contribution < 1.29 is 0 Å². The number of anilines is 2. The van der Waals surface area contributed by atoms with Gasteiger partial charge in [0.2, 0.25) is 0 Å². The molecular formula is C10H9ClN4OS. The molecule has 0 aliphatic carbocycles. The van der Waals surface area contributed by atoms with Crippen molar-refractivity contribution in [2.24, 2.45) is 0 Å². The van der Waals surface area contributed by atoms with Crippen LogP contribution in [-0.2, 0) is 0 Å². The first-order valence-corrected chi connectivity index (χ1v) is 5.84. The Kier molecular flexibility index (Phi) is 3.26. The fraction of sp³-hybridized carbons (Fsp3) is 0. The summed E-state index contributed by atoms with van der Waals surface area (Å²) < 4.78 is 0. The molecule has 0 radical (unpaired) electrons. The van der Waals surface area contributed by atoms with E-state index >= 15 is 0 Å². The first kappa shape index (κ1) is 11.8. The van der Waals surface area contributed by atoms with Gasteiger partial charge < -0.3 is 16.5 Å². The van der Waals surface area contributed by atoms with Crippen LogP contribution in [0.4, 0.5) is 11.5 Å². The van der Waals surface area contributed by atoms with E-state index in [9.17, 15) is 4.79 Å². The van der Waals surface area contributed by atoms with Gasteiger partial charge in [-0.05, 0) is 18.2 Å². The molecule has 88 valence electrons. The van der Waals surface area contributed by atoms with Gasteiger partial charge in [0.25, 0.3) is 5.56 Å². The predicted molar refractivity (Wildman–Crippen MR) is 69.3 cm³/mol. The van der Waals surface area contributed by atoms with Gasteiger partial charge in [-0.1, -0.05) is 23.4 Å². The van der Waals surface area contributed by atoms with Gasteiger partial charge in [-0.2, -0.15) is 0 Å². The molecular weight excluding hydrogens is 260 g/mol. The van der Waals surface area contributed by atoms with Crippen molar-refractivity contribution in [3.63, 3.8) is 0 Å². The zero-order chi connectivity index (χ0) is 12.4. The van der Waals surface area contributed by atoms with E-state index in [1.165, 1.54) is 17.8 Å². The Bertz CT molecular complexity index is 613. The molecule has 0 amide bonds. The highest BCUT2D eigenvalue weighted by Gasteiger charge is 2.06. The van der Waals surface area contributed by atoms with Gasteiger partial charge in [0.15, 0.2) is 5.16 Å². The second-order valence-corrected chi connectivity index (χ2v) is 4.71. The summed E-state index contributed by atoms with van der Waals surface area (Å²) in [5.41, 5.74) is 11.3. The maximum Gasteiger partial charge on any atom is 0.253 e. The number of nitrogens with one attached hydrogen (secondary N) is 1. The van der Waals surface area contributed by atoms with Crippen molar-refractivity contribution in [1.29, 1.82) is 0 Å². The van der Waals surface area contributed by atoms with E-state index in [1.807, 2.05) is 0 Å². The lowest BCUT2D eigenvalue weighted by atomic mass is 10.3. The summed E-state index contributed by atoms with van der Waals surface area (Å²) in [4.78, 5) is 18.5. The number of hydrogen-bond donors (Lipinski definition) is 3. The third-order valence-corrected chi connectivity index (χ3v) is 3.29. The van der Waals surface area contributed by atoms with Gasteiger partial charge in [-0.3, -0.25) is 4.79 Å². The molecule has 0 saturated heterocycles. The molecule has 0 saturated carbocycles. The Balaban J connectivity index is 2.34. The monoisotopic (exact) mass is 268 g/mol. The van der Waals surface area contributed by atoms with Crippen molar-refractivity contribution in [3.8, 4) is 0 Å². The number of nitrogen functional groups attached to an aromatic ring is 2. The molecule has 0 aliphatic rings. The number of aromatic amines is 1. The van der Waals surface area contributed by atoms with Crippen molar-refractivity contribution >= 4 is 34.9 Å². The summed E-state index contributed by atoms with van der Waals surface area (Å²) in [6.45, 7) is 0. The molecule has 0 spiro atoms. The molecule has 17 heavy (non-hydrogen) atoms. The number of H-pyrrole nitrogens is 1. The van der Waals surface area contributed by atoms with E-state index in [4.69, 9.17) is 23.1 Å². The molecule has 1 aromatic heterocycles. The van der Waals surface area contributed by atoms with Crippen LogP contribution in [0.3, 0.4) is 0 Å². The number of halogens is 1. The summed E-state index contributed by atoms with van der Waals surface area (Å²) in [6, 6.07) is 6.33. The van der Waals surface area contributed by atoms with Gasteiger partial charge >= 0.3 is 0 Å². The Hall–Kier alpha value is -1.66. The minimum Gasteiger partial charge on any atom is -0.399 e. The fourth-order valence-corrected chi connectivity index (χ4v) is 2.31. The van der Waals surface area contributed by atoms with E-state index in [-0.39, 0.29) is 11.4 Å². The fourth-order valence-electron chi connectivity index (χ4n) is 1.21. The summed E-state index contributed by atoms with van der Waals surface area (Å²) in [5, 5.41) is 0.891. The molecule has 0 atom stereocenters. The molecule has 0 aliphatic heterocycles. The number of aromatic nitrogens is 2. The van der Waals surface area contributed by atoms with Crippen LogP contribution in [0.5, 0.6) is 0 Å². The molecule has 5 nitrogen and oxygen atoms in total. The topological polar surface area (TPSA) is 97.8 Å². The maximum atomic E-state index is 11.2. The normalized spacial score (nSPS) is 10.4. The number of hydrogen-bond acceptors (Lipinski definition) is 5. The molecule has 0 fully saturated rings. The molecule has 0 unspecified atom stereocenters. The lowest BCUT2D eigenvalue weighted by Gasteiger charge is -2.04. The van der Waals surface area contributed by atoms with Crippen molar-refractivity contribution in [2.75, 3.05) is 11.5 Å². The van der Waals surface area contributed by atoms with Crippen molar-refractivity contribution in [2.45, 2.75) is 10.1 Å². The van der Waals surface area contributed by atoms with Gasteiger partial charge in [0.05, 0.1) is 5.02 Å². The Labute approximate surface area is 106 Å². The summed E-state index contributed by atoms with van der Waals surface area (Å²) >= 11 is 7.22. The largest absolute Gasteiger partial charge is 0.399 e. The van der Waals surface area contributed by atoms with Gasteiger partial charge in [0, 0.05) is 16.6 Å². The summed E-state index contributed by atoms with van der Waals surface area (Å²) in [7, 11) is 0. The van der Waals surface area contributed by atoms with Crippen molar-refractivity contribution in [1.82, 2.24) is 9.97 Å². The van der Waals surface area contributed by atoms with E-state index in [1.54, 1.807) is 18.2 Å². The number of rotatable bonds is 2. The van der Waals surface area contributed by atoms with Crippen LogP contribution in [0, 0.1) is 0 Å². The number of nitrogens with two attached hydrogens (primary N) is 2. The predicted octanol–water partition coefficient (Wildman–Crippen LogP) is 1.74. The van der Waals surface area contributed by atoms with Crippen LogP contribution in [0.15, 0.2) is 39.1 Å².